The van der Waals surface area contributed by atoms with Crippen molar-refractivity contribution in [2.24, 2.45) is 0 Å². The highest BCUT2D eigenvalue weighted by atomic mass is 127. The van der Waals surface area contributed by atoms with Crippen molar-refractivity contribution in [1.29, 1.82) is 0 Å². The quantitative estimate of drug-likeness (QED) is 0.609. The van der Waals surface area contributed by atoms with Crippen molar-refractivity contribution in [2.45, 2.75) is 44.6 Å². The lowest BCUT2D eigenvalue weighted by atomic mass is 10.1. The Morgan fingerprint density at radius 1 is 1.05 bits per heavy atom. The Kier molecular flexibility index (Phi) is 4.29. The topological polar surface area (TPSA) is 43.8 Å². The summed E-state index contributed by atoms with van der Waals surface area (Å²) in [6.07, 6.45) is 9.81. The summed E-state index contributed by atoms with van der Waals surface area (Å²) >= 11 is 2.31. The number of hydrogen-bond donors (Lipinski definition) is 1. The van der Waals surface area contributed by atoms with Crippen molar-refractivity contribution in [2.75, 3.05) is 5.73 Å². The maximum atomic E-state index is 6.17. The molecule has 1 saturated carbocycles. The fraction of sp³-hybridized carbons (Fsp3) is 0.438. The average molecular weight is 381 g/mol. The molecule has 1 fully saturated rings. The van der Waals surface area contributed by atoms with Gasteiger partial charge < -0.3 is 5.73 Å². The summed E-state index contributed by atoms with van der Waals surface area (Å²) in [6, 6.07) is 8.91. The number of anilines is 1. The van der Waals surface area contributed by atoms with E-state index in [9.17, 15) is 0 Å². The van der Waals surface area contributed by atoms with Crippen LogP contribution >= 0.6 is 22.6 Å². The number of nitrogens with two attached hydrogens (primary N) is 1. The van der Waals surface area contributed by atoms with E-state index in [-0.39, 0.29) is 0 Å². The van der Waals surface area contributed by atoms with Crippen molar-refractivity contribution in [3.63, 3.8) is 0 Å². The summed E-state index contributed by atoms with van der Waals surface area (Å²) in [5.41, 5.74) is 8.99. The van der Waals surface area contributed by atoms with E-state index < -0.39 is 0 Å². The molecule has 0 bridgehead atoms. The van der Waals surface area contributed by atoms with Crippen molar-refractivity contribution in [3.8, 4) is 11.3 Å². The molecule has 0 spiro atoms. The monoisotopic (exact) mass is 381 g/mol. The minimum absolute atomic E-state index is 0.525. The molecule has 0 radical (unpaired) electrons. The molecule has 3 rings (SSSR count). The molecule has 0 amide bonds. The molecular weight excluding hydrogens is 361 g/mol. The van der Waals surface area contributed by atoms with E-state index in [1.54, 1.807) is 0 Å². The molecule has 0 atom stereocenters. The molecule has 4 heteroatoms. The highest BCUT2D eigenvalue weighted by Gasteiger charge is 2.17. The Morgan fingerprint density at radius 2 is 1.70 bits per heavy atom. The fourth-order valence-corrected chi connectivity index (χ4v) is 3.31. The van der Waals surface area contributed by atoms with Gasteiger partial charge in [-0.3, -0.25) is 4.68 Å². The van der Waals surface area contributed by atoms with E-state index in [2.05, 4.69) is 51.5 Å². The van der Waals surface area contributed by atoms with Crippen molar-refractivity contribution in [3.05, 3.63) is 34.0 Å². The van der Waals surface area contributed by atoms with Gasteiger partial charge in [-0.1, -0.05) is 37.8 Å². The molecule has 1 heterocycles. The molecular formula is C16H20IN3. The molecule has 106 valence electrons. The van der Waals surface area contributed by atoms with Gasteiger partial charge in [0.1, 0.15) is 5.69 Å². The molecule has 0 aliphatic heterocycles. The molecule has 3 nitrogen and oxygen atoms in total. The van der Waals surface area contributed by atoms with Crippen LogP contribution in [0.15, 0.2) is 30.5 Å². The summed E-state index contributed by atoms with van der Waals surface area (Å²) in [6.45, 7) is 0. The third kappa shape index (κ3) is 3.00. The van der Waals surface area contributed by atoms with Crippen molar-refractivity contribution >= 4 is 28.3 Å². The van der Waals surface area contributed by atoms with Crippen molar-refractivity contribution < 1.29 is 0 Å². The minimum atomic E-state index is 0.525. The van der Waals surface area contributed by atoms with E-state index in [4.69, 9.17) is 10.8 Å². The van der Waals surface area contributed by atoms with E-state index in [0.29, 0.717) is 6.04 Å². The summed E-state index contributed by atoms with van der Waals surface area (Å²) in [4.78, 5) is 0. The molecule has 2 N–H and O–H groups in total. The lowest BCUT2D eigenvalue weighted by Gasteiger charge is -2.14. The zero-order chi connectivity index (χ0) is 13.9. The van der Waals surface area contributed by atoms with Gasteiger partial charge in [0, 0.05) is 15.3 Å². The van der Waals surface area contributed by atoms with E-state index in [0.717, 1.165) is 16.9 Å². The van der Waals surface area contributed by atoms with E-state index >= 15 is 0 Å². The van der Waals surface area contributed by atoms with Crippen LogP contribution in [0, 0.1) is 3.57 Å². The Hall–Kier alpha value is -1.04. The predicted molar refractivity (Wildman–Crippen MR) is 91.5 cm³/mol. The SMILES string of the molecule is Nc1cn(C2CCCCCC2)nc1-c1ccc(I)cc1. The Morgan fingerprint density at radius 3 is 2.35 bits per heavy atom. The first-order valence-electron chi connectivity index (χ1n) is 7.34. The maximum absolute atomic E-state index is 6.17. The van der Waals surface area contributed by atoms with E-state index in [1.807, 2.05) is 6.20 Å². The van der Waals surface area contributed by atoms with Gasteiger partial charge in [-0.15, -0.1) is 0 Å². The first kappa shape index (κ1) is 13.9. The summed E-state index contributed by atoms with van der Waals surface area (Å²) in [7, 11) is 0. The van der Waals surface area contributed by atoms with Crippen LogP contribution in [0.2, 0.25) is 0 Å². The number of aromatic nitrogens is 2. The Balaban J connectivity index is 1.88. The second-order valence-electron chi connectivity index (χ2n) is 5.57. The molecule has 2 aromatic rings. The standard InChI is InChI=1S/C16H20IN3/c17-13-9-7-12(8-10-13)16-15(18)11-20(19-16)14-5-3-1-2-4-6-14/h7-11,14H,1-6,18H2. The number of nitrogens with zero attached hydrogens (tertiary/aromatic N) is 2. The lowest BCUT2D eigenvalue weighted by molar-refractivity contribution is 0.406. The van der Waals surface area contributed by atoms with Gasteiger partial charge in [-0.05, 0) is 47.6 Å². The second kappa shape index (κ2) is 6.16. The predicted octanol–water partition coefficient (Wildman–Crippen LogP) is 4.63. The van der Waals surface area contributed by atoms with Gasteiger partial charge in [-0.2, -0.15) is 5.10 Å². The van der Waals surface area contributed by atoms with Crippen molar-refractivity contribution in [1.82, 2.24) is 9.78 Å². The van der Waals surface area contributed by atoms with Crippen LogP contribution in [0.5, 0.6) is 0 Å². The average Bonchev–Trinajstić information content (AvgIpc) is 2.66. The molecule has 1 aliphatic carbocycles. The third-order valence-electron chi connectivity index (χ3n) is 4.08. The Bertz CT molecular complexity index is 566. The molecule has 20 heavy (non-hydrogen) atoms. The summed E-state index contributed by atoms with van der Waals surface area (Å²) in [5.74, 6) is 0. The normalized spacial score (nSPS) is 17.1. The molecule has 1 aromatic heterocycles. The minimum Gasteiger partial charge on any atom is -0.396 e. The van der Waals surface area contributed by atoms with Gasteiger partial charge >= 0.3 is 0 Å². The van der Waals surface area contributed by atoms with Gasteiger partial charge in [0.05, 0.1) is 11.7 Å². The van der Waals surface area contributed by atoms with Crippen LogP contribution in [-0.4, -0.2) is 9.78 Å². The maximum Gasteiger partial charge on any atom is 0.115 e. The highest BCUT2D eigenvalue weighted by Crippen LogP contribution is 2.31. The molecule has 1 aromatic carbocycles. The van der Waals surface area contributed by atoms with Crippen LogP contribution in [-0.2, 0) is 0 Å². The van der Waals surface area contributed by atoms with Crippen LogP contribution in [0.25, 0.3) is 11.3 Å². The zero-order valence-corrected chi connectivity index (χ0v) is 13.7. The van der Waals surface area contributed by atoms with E-state index in [1.165, 1.54) is 42.1 Å². The van der Waals surface area contributed by atoms with Crippen LogP contribution in [0.4, 0.5) is 5.69 Å². The van der Waals surface area contributed by atoms with Crippen LogP contribution < -0.4 is 5.73 Å². The van der Waals surface area contributed by atoms with Crippen LogP contribution in [0.3, 0.4) is 0 Å². The first-order valence-corrected chi connectivity index (χ1v) is 8.42. The van der Waals surface area contributed by atoms with Gasteiger partial charge in [-0.25, -0.2) is 0 Å². The number of halogens is 1. The van der Waals surface area contributed by atoms with Crippen LogP contribution in [0.1, 0.15) is 44.6 Å². The zero-order valence-electron chi connectivity index (χ0n) is 11.6. The third-order valence-corrected chi connectivity index (χ3v) is 4.80. The van der Waals surface area contributed by atoms with Gasteiger partial charge in [0.25, 0.3) is 0 Å². The Labute approximate surface area is 133 Å². The largest absolute Gasteiger partial charge is 0.396 e. The first-order chi connectivity index (χ1) is 9.74. The lowest BCUT2D eigenvalue weighted by Crippen LogP contribution is -2.08. The second-order valence-corrected chi connectivity index (χ2v) is 6.81. The number of benzene rings is 1. The fourth-order valence-electron chi connectivity index (χ4n) is 2.95. The number of nitrogen functional groups attached to an aromatic ring is 1. The molecule has 0 saturated heterocycles. The van der Waals surface area contributed by atoms with Gasteiger partial charge in [0.15, 0.2) is 0 Å². The number of hydrogen-bond acceptors (Lipinski definition) is 2. The van der Waals surface area contributed by atoms with Gasteiger partial charge in [0.2, 0.25) is 0 Å². The smallest absolute Gasteiger partial charge is 0.115 e. The molecule has 1 aliphatic rings. The molecule has 0 unspecified atom stereocenters. The number of rotatable bonds is 2. The summed E-state index contributed by atoms with van der Waals surface area (Å²) < 4.78 is 3.33. The summed E-state index contributed by atoms with van der Waals surface area (Å²) in [5, 5.41) is 4.76. The highest BCUT2D eigenvalue weighted by molar-refractivity contribution is 14.1.